The van der Waals surface area contributed by atoms with Crippen molar-refractivity contribution in [2.45, 2.75) is 21.3 Å². The first-order chi connectivity index (χ1) is 14.8. The Morgan fingerprint density at radius 2 is 1.44 bits per heavy atom. The lowest BCUT2D eigenvalue weighted by Gasteiger charge is -1.99. The molecule has 1 amide bonds. The number of carbonyl (C=O) groups excluding carboxylic acids is 1. The fraction of sp³-hybridized carbons (Fsp3) is 0.143. The second-order valence-corrected chi connectivity index (χ2v) is 7.07. The number of nitrogens with one attached hydrogen (secondary N) is 2. The predicted octanol–water partition coefficient (Wildman–Crippen LogP) is 4.47. The molecule has 0 aromatic carbocycles. The fourth-order valence-corrected chi connectivity index (χ4v) is 2.87. The van der Waals surface area contributed by atoms with Crippen LogP contribution in [-0.2, 0) is 0 Å². The predicted molar refractivity (Wildman–Crippen MR) is 123 cm³/mol. The SMILES string of the molecule is C.Cc1[nH]nc(-c2cccc(C#N)n2)c1Cl.Cc1[nH]nc(-c2cccc(C(N)=O)n2)c1Cl. The van der Waals surface area contributed by atoms with E-state index in [9.17, 15) is 4.79 Å². The van der Waals surface area contributed by atoms with Gasteiger partial charge in [-0.05, 0) is 38.1 Å². The maximum Gasteiger partial charge on any atom is 0.267 e. The van der Waals surface area contributed by atoms with Crippen molar-refractivity contribution < 1.29 is 4.79 Å². The minimum Gasteiger partial charge on any atom is -0.364 e. The highest BCUT2D eigenvalue weighted by atomic mass is 35.5. The molecule has 0 unspecified atom stereocenters. The lowest BCUT2D eigenvalue weighted by molar-refractivity contribution is 0.0995. The zero-order valence-electron chi connectivity index (χ0n) is 16.4. The largest absolute Gasteiger partial charge is 0.364 e. The highest BCUT2D eigenvalue weighted by molar-refractivity contribution is 6.34. The summed E-state index contributed by atoms with van der Waals surface area (Å²) in [6, 6.07) is 12.1. The van der Waals surface area contributed by atoms with E-state index in [0.29, 0.717) is 38.5 Å². The lowest BCUT2D eigenvalue weighted by atomic mass is 10.2. The molecule has 0 atom stereocenters. The monoisotopic (exact) mass is 470 g/mol. The van der Waals surface area contributed by atoms with Gasteiger partial charge < -0.3 is 5.73 Å². The zero-order valence-corrected chi connectivity index (χ0v) is 18.0. The van der Waals surface area contributed by atoms with Crippen LogP contribution in [0.15, 0.2) is 36.4 Å². The van der Waals surface area contributed by atoms with Crippen molar-refractivity contribution in [3.63, 3.8) is 0 Å². The van der Waals surface area contributed by atoms with Gasteiger partial charge in [0, 0.05) is 0 Å². The molecular weight excluding hydrogens is 451 g/mol. The molecule has 164 valence electrons. The van der Waals surface area contributed by atoms with Crippen LogP contribution in [-0.4, -0.2) is 36.3 Å². The highest BCUT2D eigenvalue weighted by Gasteiger charge is 2.13. The van der Waals surface area contributed by atoms with Gasteiger partial charge in [0.05, 0.1) is 32.8 Å². The Balaban J connectivity index is 0.000000220. The zero-order chi connectivity index (χ0) is 22.5. The Kier molecular flexibility index (Phi) is 8.07. The van der Waals surface area contributed by atoms with Gasteiger partial charge in [0.1, 0.15) is 28.8 Å². The number of aromatic nitrogens is 6. The summed E-state index contributed by atoms with van der Waals surface area (Å²) >= 11 is 12.0. The molecule has 11 heteroatoms. The van der Waals surface area contributed by atoms with Crippen molar-refractivity contribution in [3.8, 4) is 28.8 Å². The Labute approximate surface area is 194 Å². The van der Waals surface area contributed by atoms with Crippen molar-refractivity contribution in [3.05, 3.63) is 69.2 Å². The summed E-state index contributed by atoms with van der Waals surface area (Å²) in [4.78, 5) is 19.2. The molecular formula is C21H20Cl2N8O. The summed E-state index contributed by atoms with van der Waals surface area (Å²) in [5.74, 6) is -0.578. The first-order valence-corrected chi connectivity index (χ1v) is 9.63. The van der Waals surface area contributed by atoms with Gasteiger partial charge in [0.25, 0.3) is 5.91 Å². The molecule has 0 saturated heterocycles. The number of halogens is 2. The number of hydrogen-bond acceptors (Lipinski definition) is 6. The lowest BCUT2D eigenvalue weighted by Crippen LogP contribution is -2.13. The van der Waals surface area contributed by atoms with Gasteiger partial charge >= 0.3 is 0 Å². The first-order valence-electron chi connectivity index (χ1n) is 8.87. The quantitative estimate of drug-likeness (QED) is 0.401. The number of rotatable bonds is 3. The molecule has 32 heavy (non-hydrogen) atoms. The molecule has 0 bridgehead atoms. The van der Waals surface area contributed by atoms with E-state index in [-0.39, 0.29) is 13.1 Å². The van der Waals surface area contributed by atoms with Gasteiger partial charge in [-0.25, -0.2) is 9.97 Å². The maximum absolute atomic E-state index is 11.0. The highest BCUT2D eigenvalue weighted by Crippen LogP contribution is 2.27. The second kappa shape index (κ2) is 10.5. The third-order valence-corrected chi connectivity index (χ3v) is 5.02. The molecule has 4 N–H and O–H groups in total. The van der Waals surface area contributed by atoms with E-state index >= 15 is 0 Å². The number of primary amides is 1. The third kappa shape index (κ3) is 5.29. The van der Waals surface area contributed by atoms with E-state index in [2.05, 4.69) is 30.4 Å². The number of nitriles is 1. The molecule has 0 spiro atoms. The van der Waals surface area contributed by atoms with Crippen LogP contribution in [0, 0.1) is 25.2 Å². The number of nitrogens with two attached hydrogens (primary N) is 1. The Morgan fingerprint density at radius 1 is 0.938 bits per heavy atom. The molecule has 0 aliphatic rings. The molecule has 4 aromatic rings. The van der Waals surface area contributed by atoms with Crippen LogP contribution < -0.4 is 5.73 Å². The van der Waals surface area contributed by atoms with Gasteiger partial charge in [0.15, 0.2) is 0 Å². The standard InChI is InChI=1S/C10H9ClN4O.C10H7ClN4.CH4/c1-5-8(11)9(15-14-5)6-3-2-4-7(13-6)10(12)16;1-6-9(11)10(15-14-6)8-4-2-3-7(5-12)13-8;/h2-4H,1H3,(H2,12,16)(H,14,15);2-4H,1H3,(H,14,15);1H4. The molecule has 0 aliphatic heterocycles. The Bertz CT molecular complexity index is 1290. The second-order valence-electron chi connectivity index (χ2n) is 6.31. The maximum atomic E-state index is 11.0. The number of aromatic amines is 2. The van der Waals surface area contributed by atoms with E-state index in [0.717, 1.165) is 11.4 Å². The summed E-state index contributed by atoms with van der Waals surface area (Å²) in [7, 11) is 0. The van der Waals surface area contributed by atoms with Crippen LogP contribution in [0.1, 0.15) is 35.0 Å². The summed E-state index contributed by atoms with van der Waals surface area (Å²) < 4.78 is 0. The number of carbonyl (C=O) groups is 1. The Hall–Kier alpha value is -3.74. The number of nitrogens with zero attached hydrogens (tertiary/aromatic N) is 5. The summed E-state index contributed by atoms with van der Waals surface area (Å²) in [5.41, 5.74) is 9.43. The summed E-state index contributed by atoms with van der Waals surface area (Å²) in [6.45, 7) is 3.63. The average molecular weight is 471 g/mol. The smallest absolute Gasteiger partial charge is 0.267 e. The van der Waals surface area contributed by atoms with Crippen LogP contribution >= 0.6 is 23.2 Å². The van der Waals surface area contributed by atoms with Gasteiger partial charge in [-0.2, -0.15) is 15.5 Å². The number of hydrogen-bond donors (Lipinski definition) is 3. The van der Waals surface area contributed by atoms with Gasteiger partial charge in [-0.15, -0.1) is 0 Å². The molecule has 9 nitrogen and oxygen atoms in total. The van der Waals surface area contributed by atoms with Crippen LogP contribution in [0.4, 0.5) is 0 Å². The van der Waals surface area contributed by atoms with Crippen molar-refractivity contribution in [1.29, 1.82) is 5.26 Å². The van der Waals surface area contributed by atoms with Gasteiger partial charge in [0.2, 0.25) is 0 Å². The molecule has 4 heterocycles. The number of aryl methyl sites for hydroxylation is 2. The Morgan fingerprint density at radius 3 is 1.88 bits per heavy atom. The van der Waals surface area contributed by atoms with Crippen LogP contribution in [0.25, 0.3) is 22.8 Å². The van der Waals surface area contributed by atoms with Gasteiger partial charge in [-0.1, -0.05) is 42.8 Å². The minimum atomic E-state index is -0.578. The normalized spacial score (nSPS) is 9.84. The topological polar surface area (TPSA) is 150 Å². The van der Waals surface area contributed by atoms with Gasteiger partial charge in [-0.3, -0.25) is 15.0 Å². The average Bonchev–Trinajstić information content (AvgIpc) is 3.30. The number of H-pyrrole nitrogens is 2. The van der Waals surface area contributed by atoms with E-state index in [1.165, 1.54) is 0 Å². The van der Waals surface area contributed by atoms with Crippen LogP contribution in [0.3, 0.4) is 0 Å². The minimum absolute atomic E-state index is 0. The van der Waals surface area contributed by atoms with E-state index in [4.69, 9.17) is 34.2 Å². The van der Waals surface area contributed by atoms with E-state index < -0.39 is 5.91 Å². The van der Waals surface area contributed by atoms with Crippen molar-refractivity contribution in [2.75, 3.05) is 0 Å². The molecule has 4 rings (SSSR count). The summed E-state index contributed by atoms with van der Waals surface area (Å²) in [5, 5.41) is 23.3. The van der Waals surface area contributed by atoms with E-state index in [1.807, 2.05) is 13.0 Å². The molecule has 0 radical (unpaired) electrons. The molecule has 0 saturated carbocycles. The molecule has 0 fully saturated rings. The van der Waals surface area contributed by atoms with E-state index in [1.54, 1.807) is 43.3 Å². The number of amides is 1. The van der Waals surface area contributed by atoms with Crippen molar-refractivity contribution in [2.24, 2.45) is 5.73 Å². The fourth-order valence-electron chi connectivity index (χ4n) is 2.50. The third-order valence-electron chi connectivity index (χ3n) is 4.10. The molecule has 0 aliphatic carbocycles. The van der Waals surface area contributed by atoms with Crippen molar-refractivity contribution >= 4 is 29.1 Å². The summed E-state index contributed by atoms with van der Waals surface area (Å²) in [6.07, 6.45) is 0. The molecule has 4 aromatic heterocycles. The number of pyridine rings is 2. The first kappa shape index (κ1) is 24.5. The van der Waals surface area contributed by atoms with Crippen LogP contribution in [0.2, 0.25) is 10.0 Å². The van der Waals surface area contributed by atoms with Crippen molar-refractivity contribution in [1.82, 2.24) is 30.4 Å². The van der Waals surface area contributed by atoms with Crippen LogP contribution in [0.5, 0.6) is 0 Å².